The summed E-state index contributed by atoms with van der Waals surface area (Å²) in [7, 11) is 0. The van der Waals surface area contributed by atoms with Gasteiger partial charge in [-0.2, -0.15) is 0 Å². The van der Waals surface area contributed by atoms with E-state index in [4.69, 9.17) is 9.47 Å². The summed E-state index contributed by atoms with van der Waals surface area (Å²) in [5, 5.41) is 0. The van der Waals surface area contributed by atoms with E-state index in [1.165, 1.54) is 0 Å². The molecule has 0 spiro atoms. The maximum absolute atomic E-state index is 5.34. The van der Waals surface area contributed by atoms with Crippen LogP contribution in [0.2, 0.25) is 0 Å². The molecular formula is C6H11BrO2. The average Bonchev–Trinajstić information content (AvgIpc) is 2.18. The van der Waals surface area contributed by atoms with Crippen LogP contribution >= 0.6 is 15.9 Å². The van der Waals surface area contributed by atoms with Gasteiger partial charge in [-0.3, -0.25) is 0 Å². The van der Waals surface area contributed by atoms with E-state index < -0.39 is 0 Å². The molecule has 3 heteroatoms. The summed E-state index contributed by atoms with van der Waals surface area (Å²) >= 11 is 3.46. The van der Waals surface area contributed by atoms with Crippen molar-refractivity contribution in [2.75, 3.05) is 19.8 Å². The Balaban J connectivity index is 2.22. The molecule has 0 bridgehead atoms. The van der Waals surface area contributed by atoms with Crippen molar-refractivity contribution in [2.24, 2.45) is 0 Å². The second kappa shape index (κ2) is 3.54. The number of alkyl halides is 1. The van der Waals surface area contributed by atoms with Gasteiger partial charge in [-0.25, -0.2) is 0 Å². The zero-order valence-corrected chi connectivity index (χ0v) is 7.06. The Bertz CT molecular complexity index is 87.1. The quantitative estimate of drug-likeness (QED) is 0.616. The fourth-order valence-electron chi connectivity index (χ4n) is 0.875. The largest absolute Gasteiger partial charge is 0.377 e. The van der Waals surface area contributed by atoms with Crippen molar-refractivity contribution in [3.8, 4) is 0 Å². The SMILES string of the molecule is CCOC1COCC1Br. The van der Waals surface area contributed by atoms with Crippen molar-refractivity contribution >= 4 is 15.9 Å². The molecule has 1 fully saturated rings. The van der Waals surface area contributed by atoms with Gasteiger partial charge in [-0.1, -0.05) is 15.9 Å². The van der Waals surface area contributed by atoms with Crippen molar-refractivity contribution in [1.29, 1.82) is 0 Å². The number of halogens is 1. The van der Waals surface area contributed by atoms with Gasteiger partial charge in [0.25, 0.3) is 0 Å². The highest BCUT2D eigenvalue weighted by Crippen LogP contribution is 2.16. The van der Waals surface area contributed by atoms with E-state index in [-0.39, 0.29) is 6.10 Å². The second-order valence-corrected chi connectivity index (χ2v) is 3.22. The molecule has 0 aliphatic carbocycles. The predicted molar refractivity (Wildman–Crippen MR) is 38.9 cm³/mol. The van der Waals surface area contributed by atoms with Crippen LogP contribution in [0.1, 0.15) is 6.92 Å². The van der Waals surface area contributed by atoms with Crippen molar-refractivity contribution < 1.29 is 9.47 Å². The lowest BCUT2D eigenvalue weighted by molar-refractivity contribution is 0.0530. The number of hydrogen-bond donors (Lipinski definition) is 0. The van der Waals surface area contributed by atoms with Crippen LogP contribution < -0.4 is 0 Å². The molecule has 54 valence electrons. The van der Waals surface area contributed by atoms with E-state index in [1.807, 2.05) is 6.92 Å². The highest BCUT2D eigenvalue weighted by atomic mass is 79.9. The van der Waals surface area contributed by atoms with E-state index in [1.54, 1.807) is 0 Å². The summed E-state index contributed by atoms with van der Waals surface area (Å²) in [6, 6.07) is 0. The number of rotatable bonds is 2. The Labute approximate surface area is 63.7 Å². The van der Waals surface area contributed by atoms with Crippen LogP contribution in [-0.4, -0.2) is 30.8 Å². The van der Waals surface area contributed by atoms with Gasteiger partial charge in [-0.05, 0) is 6.92 Å². The molecule has 0 aromatic heterocycles. The summed E-state index contributed by atoms with van der Waals surface area (Å²) in [4.78, 5) is 0.400. The third kappa shape index (κ3) is 1.92. The van der Waals surface area contributed by atoms with E-state index in [2.05, 4.69) is 15.9 Å². The Morgan fingerprint density at radius 1 is 1.67 bits per heavy atom. The molecule has 1 aliphatic rings. The molecule has 2 nitrogen and oxygen atoms in total. The van der Waals surface area contributed by atoms with Crippen LogP contribution in [0.25, 0.3) is 0 Å². The monoisotopic (exact) mass is 194 g/mol. The molecule has 2 unspecified atom stereocenters. The van der Waals surface area contributed by atoms with Gasteiger partial charge >= 0.3 is 0 Å². The lowest BCUT2D eigenvalue weighted by atomic mass is 10.3. The molecule has 0 amide bonds. The molecule has 2 atom stereocenters. The molecule has 9 heavy (non-hydrogen) atoms. The Morgan fingerprint density at radius 2 is 2.44 bits per heavy atom. The first-order valence-corrected chi connectivity index (χ1v) is 4.09. The number of ether oxygens (including phenoxy) is 2. The molecule has 0 aromatic carbocycles. The zero-order chi connectivity index (χ0) is 6.69. The molecule has 1 heterocycles. The topological polar surface area (TPSA) is 18.5 Å². The summed E-state index contributed by atoms with van der Waals surface area (Å²) in [5.74, 6) is 0. The zero-order valence-electron chi connectivity index (χ0n) is 5.47. The Kier molecular flexibility index (Phi) is 2.95. The van der Waals surface area contributed by atoms with Gasteiger partial charge in [0.15, 0.2) is 0 Å². The van der Waals surface area contributed by atoms with E-state index in [0.29, 0.717) is 4.83 Å². The Morgan fingerprint density at radius 3 is 2.89 bits per heavy atom. The fourth-order valence-corrected chi connectivity index (χ4v) is 1.37. The molecule has 0 aromatic rings. The van der Waals surface area contributed by atoms with Crippen molar-refractivity contribution in [3.05, 3.63) is 0 Å². The molecule has 0 radical (unpaired) electrons. The summed E-state index contributed by atoms with van der Waals surface area (Å²) in [6.45, 7) is 4.29. The molecular weight excluding hydrogens is 184 g/mol. The Hall–Kier alpha value is 0.400. The van der Waals surface area contributed by atoms with E-state index >= 15 is 0 Å². The van der Waals surface area contributed by atoms with Crippen LogP contribution in [0.15, 0.2) is 0 Å². The minimum atomic E-state index is 0.273. The lowest BCUT2D eigenvalue weighted by Gasteiger charge is -2.10. The third-order valence-electron chi connectivity index (χ3n) is 1.34. The van der Waals surface area contributed by atoms with Crippen LogP contribution in [0, 0.1) is 0 Å². The summed E-state index contributed by atoms with van der Waals surface area (Å²) < 4.78 is 10.5. The number of hydrogen-bond acceptors (Lipinski definition) is 2. The lowest BCUT2D eigenvalue weighted by Crippen LogP contribution is -2.21. The van der Waals surface area contributed by atoms with Crippen LogP contribution in [0.3, 0.4) is 0 Å². The van der Waals surface area contributed by atoms with Crippen molar-refractivity contribution in [1.82, 2.24) is 0 Å². The van der Waals surface area contributed by atoms with Crippen LogP contribution in [0.5, 0.6) is 0 Å². The first-order chi connectivity index (χ1) is 4.34. The van der Waals surface area contributed by atoms with E-state index in [9.17, 15) is 0 Å². The average molecular weight is 195 g/mol. The summed E-state index contributed by atoms with van der Waals surface area (Å²) in [6.07, 6.45) is 0.273. The van der Waals surface area contributed by atoms with Crippen LogP contribution in [-0.2, 0) is 9.47 Å². The van der Waals surface area contributed by atoms with Gasteiger partial charge < -0.3 is 9.47 Å². The highest BCUT2D eigenvalue weighted by Gasteiger charge is 2.25. The van der Waals surface area contributed by atoms with E-state index in [0.717, 1.165) is 19.8 Å². The maximum Gasteiger partial charge on any atom is 0.0955 e. The molecule has 0 N–H and O–H groups in total. The standard InChI is InChI=1S/C6H11BrO2/c1-2-9-6-4-8-3-5(6)7/h5-6H,2-4H2,1H3. The van der Waals surface area contributed by atoms with Crippen molar-refractivity contribution in [2.45, 2.75) is 17.9 Å². The minimum Gasteiger partial charge on any atom is -0.377 e. The molecule has 1 rings (SSSR count). The molecule has 1 aliphatic heterocycles. The normalized spacial score (nSPS) is 35.3. The highest BCUT2D eigenvalue weighted by molar-refractivity contribution is 9.09. The smallest absolute Gasteiger partial charge is 0.0955 e. The fraction of sp³-hybridized carbons (Fsp3) is 1.00. The maximum atomic E-state index is 5.34. The minimum absolute atomic E-state index is 0.273. The van der Waals surface area contributed by atoms with Gasteiger partial charge in [0.05, 0.1) is 24.1 Å². The third-order valence-corrected chi connectivity index (χ3v) is 2.20. The van der Waals surface area contributed by atoms with Gasteiger partial charge in [-0.15, -0.1) is 0 Å². The van der Waals surface area contributed by atoms with Gasteiger partial charge in [0.1, 0.15) is 0 Å². The van der Waals surface area contributed by atoms with Crippen LogP contribution in [0.4, 0.5) is 0 Å². The summed E-state index contributed by atoms with van der Waals surface area (Å²) in [5.41, 5.74) is 0. The first kappa shape index (κ1) is 7.51. The molecule has 1 saturated heterocycles. The molecule has 0 saturated carbocycles. The van der Waals surface area contributed by atoms with Crippen molar-refractivity contribution in [3.63, 3.8) is 0 Å². The first-order valence-electron chi connectivity index (χ1n) is 3.18. The van der Waals surface area contributed by atoms with Gasteiger partial charge in [0.2, 0.25) is 0 Å². The predicted octanol–water partition coefficient (Wildman–Crippen LogP) is 1.19. The van der Waals surface area contributed by atoms with Gasteiger partial charge in [0, 0.05) is 6.61 Å². The second-order valence-electron chi connectivity index (χ2n) is 2.05.